The number of hydrogen-bond donors (Lipinski definition) is 2. The summed E-state index contributed by atoms with van der Waals surface area (Å²) in [4.78, 5) is 23.9. The summed E-state index contributed by atoms with van der Waals surface area (Å²) in [5.74, 6) is -0.345. The lowest BCUT2D eigenvalue weighted by Crippen LogP contribution is -2.45. The predicted octanol–water partition coefficient (Wildman–Crippen LogP) is -0.896. The molecule has 5 heteroatoms. The van der Waals surface area contributed by atoms with Crippen molar-refractivity contribution in [1.82, 2.24) is 10.2 Å². The van der Waals surface area contributed by atoms with Gasteiger partial charge in [-0.1, -0.05) is 0 Å². The molecule has 0 radical (unpaired) electrons. The van der Waals surface area contributed by atoms with Crippen LogP contribution in [0.15, 0.2) is 0 Å². The van der Waals surface area contributed by atoms with E-state index in [4.69, 9.17) is 0 Å². The monoisotopic (exact) mass is 200 g/mol. The maximum absolute atomic E-state index is 11.6. The Labute approximate surface area is 83.1 Å². The van der Waals surface area contributed by atoms with Crippen molar-refractivity contribution in [3.05, 3.63) is 0 Å². The summed E-state index contributed by atoms with van der Waals surface area (Å²) >= 11 is 0. The summed E-state index contributed by atoms with van der Waals surface area (Å²) in [5.41, 5.74) is 0. The van der Waals surface area contributed by atoms with Gasteiger partial charge in [-0.25, -0.2) is 0 Å². The quantitative estimate of drug-likeness (QED) is 0.607. The van der Waals surface area contributed by atoms with Crippen molar-refractivity contribution in [3.63, 3.8) is 0 Å². The maximum atomic E-state index is 11.6. The molecule has 1 heterocycles. The van der Waals surface area contributed by atoms with Crippen LogP contribution < -0.4 is 5.32 Å². The summed E-state index contributed by atoms with van der Waals surface area (Å²) < 4.78 is 0. The lowest BCUT2D eigenvalue weighted by Gasteiger charge is -2.20. The second-order valence-electron chi connectivity index (χ2n) is 3.65. The topological polar surface area (TPSA) is 69.6 Å². The number of carbonyl (C=O) groups excluding carboxylic acids is 2. The van der Waals surface area contributed by atoms with Gasteiger partial charge in [0.15, 0.2) is 0 Å². The molecule has 1 aliphatic heterocycles. The van der Waals surface area contributed by atoms with Crippen molar-refractivity contribution in [3.8, 4) is 0 Å². The minimum atomic E-state index is -0.502. The summed E-state index contributed by atoms with van der Waals surface area (Å²) in [6.45, 7) is 3.98. The third-order valence-corrected chi connectivity index (χ3v) is 2.27. The van der Waals surface area contributed by atoms with E-state index in [0.717, 1.165) is 0 Å². The van der Waals surface area contributed by atoms with E-state index in [1.165, 1.54) is 6.92 Å². The Balaban J connectivity index is 2.44. The molecule has 0 aromatic heterocycles. The molecular formula is C9H16N2O3. The Bertz CT molecular complexity index is 242. The highest BCUT2D eigenvalue weighted by molar-refractivity contribution is 5.86. The molecule has 1 rings (SSSR count). The lowest BCUT2D eigenvalue weighted by atomic mass is 10.3. The molecule has 14 heavy (non-hydrogen) atoms. The number of rotatable bonds is 2. The first kappa shape index (κ1) is 11.0. The molecule has 2 atom stereocenters. The van der Waals surface area contributed by atoms with Crippen LogP contribution >= 0.6 is 0 Å². The van der Waals surface area contributed by atoms with E-state index in [2.05, 4.69) is 5.32 Å². The van der Waals surface area contributed by atoms with E-state index in [1.807, 2.05) is 0 Å². The molecule has 0 aromatic rings. The van der Waals surface area contributed by atoms with E-state index in [1.54, 1.807) is 11.8 Å². The smallest absolute Gasteiger partial charge is 0.244 e. The summed E-state index contributed by atoms with van der Waals surface area (Å²) in [6.07, 6.45) is 0.210. The van der Waals surface area contributed by atoms with Gasteiger partial charge in [0.1, 0.15) is 6.04 Å². The molecular weight excluding hydrogens is 184 g/mol. The fraction of sp³-hybridized carbons (Fsp3) is 0.778. The van der Waals surface area contributed by atoms with Crippen LogP contribution in [0.1, 0.15) is 20.3 Å². The molecule has 0 aliphatic carbocycles. The zero-order valence-electron chi connectivity index (χ0n) is 8.49. The molecule has 1 saturated heterocycles. The normalized spacial score (nSPS) is 23.4. The van der Waals surface area contributed by atoms with Gasteiger partial charge in [0.05, 0.1) is 6.10 Å². The Morgan fingerprint density at radius 1 is 1.57 bits per heavy atom. The fourth-order valence-corrected chi connectivity index (χ4v) is 1.58. The molecule has 5 nitrogen and oxygen atoms in total. The fourth-order valence-electron chi connectivity index (χ4n) is 1.58. The summed E-state index contributed by atoms with van der Waals surface area (Å²) in [5, 5.41) is 11.8. The molecule has 2 unspecified atom stereocenters. The molecule has 0 aromatic carbocycles. The number of β-amino-alcohol motifs (C(OH)–C–C–N with tert-alkyl or cyclic N) is 1. The number of aliphatic hydroxyl groups is 1. The number of amides is 2. The molecule has 2 amide bonds. The van der Waals surface area contributed by atoms with Crippen LogP contribution in [-0.2, 0) is 9.59 Å². The largest absolute Gasteiger partial charge is 0.391 e. The molecule has 1 fully saturated rings. The van der Waals surface area contributed by atoms with Crippen LogP contribution in [0.2, 0.25) is 0 Å². The molecule has 0 spiro atoms. The summed E-state index contributed by atoms with van der Waals surface area (Å²) in [6, 6.07) is -0.502. The van der Waals surface area contributed by atoms with Crippen LogP contribution in [0.4, 0.5) is 0 Å². The zero-order chi connectivity index (χ0) is 10.7. The van der Waals surface area contributed by atoms with Crippen molar-refractivity contribution < 1.29 is 14.7 Å². The van der Waals surface area contributed by atoms with Gasteiger partial charge < -0.3 is 15.3 Å². The second kappa shape index (κ2) is 4.41. The third kappa shape index (κ3) is 2.70. The minimum absolute atomic E-state index is 0.128. The van der Waals surface area contributed by atoms with Gasteiger partial charge in [-0.2, -0.15) is 0 Å². The van der Waals surface area contributed by atoms with Crippen LogP contribution in [0, 0.1) is 0 Å². The Morgan fingerprint density at radius 2 is 2.21 bits per heavy atom. The predicted molar refractivity (Wildman–Crippen MR) is 50.5 cm³/mol. The summed E-state index contributed by atoms with van der Waals surface area (Å²) in [7, 11) is 0. The van der Waals surface area contributed by atoms with Gasteiger partial charge in [-0.15, -0.1) is 0 Å². The SMILES string of the molecule is CC(=O)NC(C)C(=O)N1CCC(O)C1. The first-order chi connectivity index (χ1) is 6.50. The van der Waals surface area contributed by atoms with Crippen molar-refractivity contribution >= 4 is 11.8 Å². The number of aliphatic hydroxyl groups excluding tert-OH is 1. The Kier molecular flexibility index (Phi) is 3.46. The molecule has 0 bridgehead atoms. The number of nitrogens with one attached hydrogen (secondary N) is 1. The van der Waals surface area contributed by atoms with Gasteiger partial charge in [-0.05, 0) is 13.3 Å². The molecule has 80 valence electrons. The lowest BCUT2D eigenvalue weighted by molar-refractivity contribution is -0.134. The first-order valence-electron chi connectivity index (χ1n) is 4.74. The van der Waals surface area contributed by atoms with Crippen LogP contribution in [0.5, 0.6) is 0 Å². The highest BCUT2D eigenvalue weighted by Gasteiger charge is 2.27. The molecule has 1 aliphatic rings. The highest BCUT2D eigenvalue weighted by Crippen LogP contribution is 2.09. The van der Waals surface area contributed by atoms with Crippen LogP contribution in [-0.4, -0.2) is 47.1 Å². The number of likely N-dealkylation sites (tertiary alicyclic amines) is 1. The minimum Gasteiger partial charge on any atom is -0.391 e. The van der Waals surface area contributed by atoms with Gasteiger partial charge >= 0.3 is 0 Å². The average molecular weight is 200 g/mol. The highest BCUT2D eigenvalue weighted by atomic mass is 16.3. The van der Waals surface area contributed by atoms with Gasteiger partial charge in [0, 0.05) is 20.0 Å². The number of hydrogen-bond acceptors (Lipinski definition) is 3. The third-order valence-electron chi connectivity index (χ3n) is 2.27. The van der Waals surface area contributed by atoms with Crippen molar-refractivity contribution in [2.75, 3.05) is 13.1 Å². The Morgan fingerprint density at radius 3 is 2.64 bits per heavy atom. The van der Waals surface area contributed by atoms with Crippen molar-refractivity contribution in [1.29, 1.82) is 0 Å². The second-order valence-corrected chi connectivity index (χ2v) is 3.65. The first-order valence-corrected chi connectivity index (χ1v) is 4.74. The number of nitrogens with zero attached hydrogens (tertiary/aromatic N) is 1. The zero-order valence-corrected chi connectivity index (χ0v) is 8.49. The molecule has 2 N–H and O–H groups in total. The van der Waals surface area contributed by atoms with E-state index < -0.39 is 12.1 Å². The number of carbonyl (C=O) groups is 2. The molecule has 0 saturated carbocycles. The van der Waals surface area contributed by atoms with Gasteiger partial charge in [-0.3, -0.25) is 9.59 Å². The van der Waals surface area contributed by atoms with E-state index in [-0.39, 0.29) is 11.8 Å². The van der Waals surface area contributed by atoms with Crippen molar-refractivity contribution in [2.45, 2.75) is 32.4 Å². The average Bonchev–Trinajstić information content (AvgIpc) is 2.49. The standard InChI is InChI=1S/C9H16N2O3/c1-6(10-7(2)12)9(14)11-4-3-8(13)5-11/h6,8,13H,3-5H2,1-2H3,(H,10,12). The van der Waals surface area contributed by atoms with E-state index in [0.29, 0.717) is 19.5 Å². The van der Waals surface area contributed by atoms with E-state index >= 15 is 0 Å². The van der Waals surface area contributed by atoms with Gasteiger partial charge in [0.25, 0.3) is 0 Å². The van der Waals surface area contributed by atoms with E-state index in [9.17, 15) is 14.7 Å². The van der Waals surface area contributed by atoms with Crippen molar-refractivity contribution in [2.24, 2.45) is 0 Å². The Hall–Kier alpha value is -1.10. The van der Waals surface area contributed by atoms with Gasteiger partial charge in [0.2, 0.25) is 11.8 Å². The van der Waals surface area contributed by atoms with Crippen LogP contribution in [0.25, 0.3) is 0 Å². The van der Waals surface area contributed by atoms with Crippen LogP contribution in [0.3, 0.4) is 0 Å². The maximum Gasteiger partial charge on any atom is 0.244 e.